The molecule has 1 aliphatic rings. The summed E-state index contributed by atoms with van der Waals surface area (Å²) >= 11 is 1.42. The summed E-state index contributed by atoms with van der Waals surface area (Å²) in [4.78, 5) is 45.0. The van der Waals surface area contributed by atoms with E-state index in [9.17, 15) is 9.59 Å². The molecular weight excluding hydrogens is 418 g/mol. The van der Waals surface area contributed by atoms with Crippen molar-refractivity contribution in [3.05, 3.63) is 26.7 Å². The van der Waals surface area contributed by atoms with Crippen molar-refractivity contribution in [3.63, 3.8) is 0 Å². The van der Waals surface area contributed by atoms with E-state index in [2.05, 4.69) is 24.8 Å². The van der Waals surface area contributed by atoms with Gasteiger partial charge in [0.2, 0.25) is 11.9 Å². The summed E-state index contributed by atoms with van der Waals surface area (Å²) in [6.07, 6.45) is 4.27. The lowest BCUT2D eigenvalue weighted by Crippen LogP contribution is -2.37. The van der Waals surface area contributed by atoms with Gasteiger partial charge in [0, 0.05) is 33.7 Å². The number of fused-ring (bicyclic) bond motifs is 1. The van der Waals surface area contributed by atoms with Gasteiger partial charge in [0.15, 0.2) is 16.3 Å². The smallest absolute Gasteiger partial charge is 0.332 e. The summed E-state index contributed by atoms with van der Waals surface area (Å²) in [6.45, 7) is 4.48. The molecule has 2 N–H and O–H groups in total. The molecule has 0 unspecified atom stereocenters. The van der Waals surface area contributed by atoms with Crippen molar-refractivity contribution in [2.45, 2.75) is 50.1 Å². The van der Waals surface area contributed by atoms with Gasteiger partial charge in [0.05, 0.1) is 5.75 Å². The lowest BCUT2D eigenvalue weighted by atomic mass is 10.1. The van der Waals surface area contributed by atoms with E-state index in [1.807, 2.05) is 11.5 Å². The zero-order valence-electron chi connectivity index (χ0n) is 18.0. The van der Waals surface area contributed by atoms with Crippen LogP contribution in [0.25, 0.3) is 11.2 Å². The number of piperidine rings is 1. The highest BCUT2D eigenvalue weighted by molar-refractivity contribution is 7.98. The maximum absolute atomic E-state index is 12.8. The fourth-order valence-corrected chi connectivity index (χ4v) is 4.70. The second-order valence-corrected chi connectivity index (χ2v) is 8.61. The van der Waals surface area contributed by atoms with E-state index in [1.54, 1.807) is 7.05 Å². The maximum atomic E-state index is 12.8. The molecule has 1 aliphatic heterocycles. The number of anilines is 2. The monoisotopic (exact) mass is 445 g/mol. The molecule has 0 aromatic carbocycles. The van der Waals surface area contributed by atoms with Crippen molar-refractivity contribution < 1.29 is 0 Å². The lowest BCUT2D eigenvalue weighted by molar-refractivity contribution is 0.567. The minimum absolute atomic E-state index is 0.199. The van der Waals surface area contributed by atoms with Crippen molar-refractivity contribution in [1.82, 2.24) is 33.6 Å². The number of aryl methyl sites for hydroxylation is 2. The summed E-state index contributed by atoms with van der Waals surface area (Å²) in [6, 6.07) is 0. The van der Waals surface area contributed by atoms with E-state index in [0.29, 0.717) is 40.4 Å². The molecule has 31 heavy (non-hydrogen) atoms. The highest BCUT2D eigenvalue weighted by Gasteiger charge is 2.20. The molecule has 0 aliphatic carbocycles. The van der Waals surface area contributed by atoms with Gasteiger partial charge in [-0.25, -0.2) is 9.78 Å². The van der Waals surface area contributed by atoms with Gasteiger partial charge < -0.3 is 15.2 Å². The van der Waals surface area contributed by atoms with E-state index in [4.69, 9.17) is 5.73 Å². The molecule has 1 fully saturated rings. The SMILES string of the molecule is CCCn1c(SCc2nc(N)nc(N3CCCCC3)n2)nc2c1c(=O)n(C)c(=O)n2C. The Bertz CT molecular complexity index is 1220. The second kappa shape index (κ2) is 8.69. The number of nitrogens with two attached hydrogens (primary N) is 1. The van der Waals surface area contributed by atoms with E-state index in [0.717, 1.165) is 36.9 Å². The zero-order valence-corrected chi connectivity index (χ0v) is 18.9. The number of hydrogen-bond donors (Lipinski definition) is 1. The van der Waals surface area contributed by atoms with Crippen LogP contribution in [0.5, 0.6) is 0 Å². The van der Waals surface area contributed by atoms with Crippen LogP contribution in [0.4, 0.5) is 11.9 Å². The predicted octanol–water partition coefficient (Wildman–Crippen LogP) is 0.894. The fourth-order valence-electron chi connectivity index (χ4n) is 3.82. The van der Waals surface area contributed by atoms with Crippen molar-refractivity contribution >= 4 is 34.8 Å². The molecule has 0 amide bonds. The molecule has 0 bridgehead atoms. The number of hydrogen-bond acceptors (Lipinski definition) is 9. The number of rotatable bonds is 6. The third kappa shape index (κ3) is 4.03. The molecule has 4 rings (SSSR count). The standard InChI is InChI=1S/C19H27N9O2S/c1-4-8-28-13-14(25(2)19(30)26(3)15(13)29)23-18(28)31-11-12-21-16(20)24-17(22-12)27-9-6-5-7-10-27/h4-11H2,1-3H3,(H2,20,21,22,24). The summed E-state index contributed by atoms with van der Waals surface area (Å²) in [7, 11) is 3.11. The molecular formula is C19H27N9O2S. The van der Waals surface area contributed by atoms with Gasteiger partial charge in [-0.15, -0.1) is 0 Å². The van der Waals surface area contributed by atoms with Crippen LogP contribution >= 0.6 is 11.8 Å². The molecule has 166 valence electrons. The van der Waals surface area contributed by atoms with E-state index in [-0.39, 0.29) is 11.5 Å². The molecule has 12 heteroatoms. The van der Waals surface area contributed by atoms with Crippen LogP contribution in [0.3, 0.4) is 0 Å². The van der Waals surface area contributed by atoms with Crippen LogP contribution in [-0.4, -0.2) is 46.7 Å². The van der Waals surface area contributed by atoms with Gasteiger partial charge in [-0.05, 0) is 25.7 Å². The first-order chi connectivity index (χ1) is 14.9. The molecule has 4 heterocycles. The van der Waals surface area contributed by atoms with Crippen LogP contribution in [0.2, 0.25) is 0 Å². The van der Waals surface area contributed by atoms with Crippen LogP contribution in [-0.2, 0) is 26.4 Å². The van der Waals surface area contributed by atoms with Gasteiger partial charge in [-0.2, -0.15) is 15.0 Å². The van der Waals surface area contributed by atoms with Crippen molar-refractivity contribution in [1.29, 1.82) is 0 Å². The van der Waals surface area contributed by atoms with Gasteiger partial charge in [0.1, 0.15) is 5.82 Å². The summed E-state index contributed by atoms with van der Waals surface area (Å²) in [5.41, 5.74) is 6.02. The fraction of sp³-hybridized carbons (Fsp3) is 0.579. The number of thioether (sulfide) groups is 1. The minimum atomic E-state index is -0.397. The van der Waals surface area contributed by atoms with Crippen molar-refractivity contribution in [3.8, 4) is 0 Å². The Morgan fingerprint density at radius 3 is 2.45 bits per heavy atom. The molecule has 11 nitrogen and oxygen atoms in total. The zero-order chi connectivity index (χ0) is 22.1. The first-order valence-corrected chi connectivity index (χ1v) is 11.4. The van der Waals surface area contributed by atoms with E-state index >= 15 is 0 Å². The van der Waals surface area contributed by atoms with Gasteiger partial charge >= 0.3 is 5.69 Å². The third-order valence-corrected chi connectivity index (χ3v) is 6.39. The minimum Gasteiger partial charge on any atom is -0.368 e. The molecule has 1 saturated heterocycles. The summed E-state index contributed by atoms with van der Waals surface area (Å²) < 4.78 is 4.39. The Kier molecular flexibility index (Phi) is 5.99. The number of aromatic nitrogens is 7. The van der Waals surface area contributed by atoms with E-state index in [1.165, 1.54) is 29.8 Å². The molecule has 3 aromatic rings. The number of nitrogen functional groups attached to an aromatic ring is 1. The Morgan fingerprint density at radius 2 is 1.74 bits per heavy atom. The summed E-state index contributed by atoms with van der Waals surface area (Å²) in [5, 5.41) is 0.647. The average molecular weight is 446 g/mol. The third-order valence-electron chi connectivity index (χ3n) is 5.42. The number of imidazole rings is 1. The highest BCUT2D eigenvalue weighted by atomic mass is 32.2. The Morgan fingerprint density at radius 1 is 1.00 bits per heavy atom. The molecule has 0 saturated carbocycles. The second-order valence-electron chi connectivity index (χ2n) is 7.67. The van der Waals surface area contributed by atoms with Gasteiger partial charge in [-0.3, -0.25) is 13.9 Å². The Hall–Kier alpha value is -2.89. The average Bonchev–Trinajstić information content (AvgIpc) is 3.14. The Balaban J connectivity index is 1.68. The molecule has 0 atom stereocenters. The van der Waals surface area contributed by atoms with E-state index < -0.39 is 5.69 Å². The lowest BCUT2D eigenvalue weighted by Gasteiger charge is -2.26. The topological polar surface area (TPSA) is 130 Å². The first-order valence-electron chi connectivity index (χ1n) is 10.4. The maximum Gasteiger partial charge on any atom is 0.332 e. The van der Waals surface area contributed by atoms with Crippen LogP contribution < -0.4 is 21.9 Å². The van der Waals surface area contributed by atoms with Crippen molar-refractivity contribution in [2.24, 2.45) is 14.1 Å². The first kappa shape index (κ1) is 21.3. The van der Waals surface area contributed by atoms with Crippen LogP contribution in [0.15, 0.2) is 14.7 Å². The summed E-state index contributed by atoms with van der Waals surface area (Å²) in [5.74, 6) is 1.80. The molecule has 0 spiro atoms. The molecule has 3 aromatic heterocycles. The highest BCUT2D eigenvalue weighted by Crippen LogP contribution is 2.25. The Labute approximate surface area is 183 Å². The van der Waals surface area contributed by atoms with Gasteiger partial charge in [-0.1, -0.05) is 18.7 Å². The van der Waals surface area contributed by atoms with Crippen molar-refractivity contribution in [2.75, 3.05) is 23.7 Å². The molecule has 0 radical (unpaired) electrons. The predicted molar refractivity (Wildman–Crippen MR) is 120 cm³/mol. The van der Waals surface area contributed by atoms with Crippen LogP contribution in [0.1, 0.15) is 38.4 Å². The number of nitrogens with zero attached hydrogens (tertiary/aromatic N) is 8. The van der Waals surface area contributed by atoms with Crippen LogP contribution in [0, 0.1) is 0 Å². The normalized spacial score (nSPS) is 14.5. The largest absolute Gasteiger partial charge is 0.368 e. The van der Waals surface area contributed by atoms with Gasteiger partial charge in [0.25, 0.3) is 5.56 Å². The quantitative estimate of drug-likeness (QED) is 0.550.